The van der Waals surface area contributed by atoms with Crippen LogP contribution in [0.1, 0.15) is 38.5 Å². The average molecular weight is 246 g/mol. The largest absolute Gasteiger partial charge is 0.316 e. The van der Waals surface area contributed by atoms with E-state index >= 15 is 0 Å². The van der Waals surface area contributed by atoms with E-state index < -0.39 is 10.0 Å². The smallest absolute Gasteiger partial charge is 0.214 e. The summed E-state index contributed by atoms with van der Waals surface area (Å²) in [6.07, 6.45) is 6.11. The van der Waals surface area contributed by atoms with Gasteiger partial charge < -0.3 is 5.32 Å². The molecule has 1 atom stereocenters. The number of sulfonamides is 1. The topological polar surface area (TPSA) is 58.2 Å². The van der Waals surface area contributed by atoms with Crippen LogP contribution in [0.25, 0.3) is 0 Å². The van der Waals surface area contributed by atoms with Crippen molar-refractivity contribution in [2.45, 2.75) is 43.8 Å². The second kappa shape index (κ2) is 5.47. The Morgan fingerprint density at radius 3 is 2.50 bits per heavy atom. The molecular weight excluding hydrogens is 224 g/mol. The van der Waals surface area contributed by atoms with E-state index in [1.807, 2.05) is 0 Å². The van der Waals surface area contributed by atoms with Crippen LogP contribution in [0.15, 0.2) is 0 Å². The molecule has 0 spiro atoms. The van der Waals surface area contributed by atoms with Crippen molar-refractivity contribution in [2.75, 3.05) is 19.6 Å². The van der Waals surface area contributed by atoms with Crippen molar-refractivity contribution < 1.29 is 8.42 Å². The summed E-state index contributed by atoms with van der Waals surface area (Å²) in [7, 11) is -3.05. The van der Waals surface area contributed by atoms with Crippen molar-refractivity contribution in [1.29, 1.82) is 0 Å². The van der Waals surface area contributed by atoms with Crippen molar-refractivity contribution in [3.63, 3.8) is 0 Å². The second-order valence-corrected chi connectivity index (χ2v) is 7.06. The highest BCUT2D eigenvalue weighted by molar-refractivity contribution is 7.90. The summed E-state index contributed by atoms with van der Waals surface area (Å²) in [6, 6.07) is 0. The molecule has 94 valence electrons. The van der Waals surface area contributed by atoms with E-state index in [2.05, 4.69) is 10.0 Å². The average Bonchev–Trinajstić information content (AvgIpc) is 2.81. The zero-order valence-electron chi connectivity index (χ0n) is 9.74. The normalized spacial score (nSPS) is 28.4. The fraction of sp³-hybridized carbons (Fsp3) is 1.00. The molecular formula is C11H22N2O2S. The van der Waals surface area contributed by atoms with Crippen LogP contribution in [0.4, 0.5) is 0 Å². The van der Waals surface area contributed by atoms with Crippen molar-refractivity contribution in [3.8, 4) is 0 Å². The molecule has 1 unspecified atom stereocenters. The van der Waals surface area contributed by atoms with Gasteiger partial charge in [0.05, 0.1) is 5.25 Å². The van der Waals surface area contributed by atoms with E-state index in [9.17, 15) is 8.42 Å². The summed E-state index contributed by atoms with van der Waals surface area (Å²) in [6.45, 7) is 2.59. The third kappa shape index (κ3) is 3.18. The molecule has 0 amide bonds. The van der Waals surface area contributed by atoms with Crippen molar-refractivity contribution in [1.82, 2.24) is 10.0 Å². The third-order valence-corrected chi connectivity index (χ3v) is 5.64. The summed E-state index contributed by atoms with van der Waals surface area (Å²) in [5, 5.41) is 3.12. The van der Waals surface area contributed by atoms with Crippen LogP contribution in [0.3, 0.4) is 0 Å². The Hall–Kier alpha value is -0.130. The number of rotatable bonds is 4. The van der Waals surface area contributed by atoms with Crippen molar-refractivity contribution in [3.05, 3.63) is 0 Å². The van der Waals surface area contributed by atoms with E-state index in [4.69, 9.17) is 0 Å². The summed E-state index contributed by atoms with van der Waals surface area (Å²) in [5.74, 6) is 0.485. The van der Waals surface area contributed by atoms with Crippen LogP contribution < -0.4 is 10.0 Å². The highest BCUT2D eigenvalue weighted by atomic mass is 32.2. The first kappa shape index (κ1) is 12.3. The number of nitrogens with one attached hydrogen (secondary N) is 2. The molecule has 0 aromatic heterocycles. The van der Waals surface area contributed by atoms with Gasteiger partial charge in [0.15, 0.2) is 0 Å². The molecule has 0 aromatic carbocycles. The van der Waals surface area contributed by atoms with Gasteiger partial charge in [-0.25, -0.2) is 13.1 Å². The van der Waals surface area contributed by atoms with Gasteiger partial charge in [0.2, 0.25) is 10.0 Å². The molecule has 1 heterocycles. The summed E-state index contributed by atoms with van der Waals surface area (Å²) < 4.78 is 26.8. The van der Waals surface area contributed by atoms with Crippen LogP contribution in [0, 0.1) is 5.92 Å². The summed E-state index contributed by atoms with van der Waals surface area (Å²) in [5.41, 5.74) is 0. The monoisotopic (exact) mass is 246 g/mol. The minimum absolute atomic E-state index is 0.129. The molecule has 2 N–H and O–H groups in total. The maximum absolute atomic E-state index is 12.0. The Morgan fingerprint density at radius 2 is 1.88 bits per heavy atom. The molecule has 1 saturated carbocycles. The van der Waals surface area contributed by atoms with Gasteiger partial charge >= 0.3 is 0 Å². The summed E-state index contributed by atoms with van der Waals surface area (Å²) in [4.78, 5) is 0. The van der Waals surface area contributed by atoms with E-state index in [1.54, 1.807) is 0 Å². The minimum atomic E-state index is -3.05. The van der Waals surface area contributed by atoms with Gasteiger partial charge in [-0.3, -0.25) is 0 Å². The van der Waals surface area contributed by atoms with Crippen LogP contribution in [-0.2, 0) is 10.0 Å². The second-order valence-electron chi connectivity index (χ2n) is 5.01. The standard InChI is InChI=1S/C11H22N2O2S/c14-16(15,11-4-2-1-3-5-11)13-9-10-6-7-12-8-10/h10-13H,1-9H2. The van der Waals surface area contributed by atoms with Crippen LogP contribution >= 0.6 is 0 Å². The molecule has 5 heteroatoms. The van der Waals surface area contributed by atoms with Gasteiger partial charge in [-0.2, -0.15) is 0 Å². The van der Waals surface area contributed by atoms with Gasteiger partial charge in [0.1, 0.15) is 0 Å². The molecule has 2 aliphatic rings. The van der Waals surface area contributed by atoms with Gasteiger partial charge in [0.25, 0.3) is 0 Å². The van der Waals surface area contributed by atoms with E-state index in [0.717, 1.165) is 45.2 Å². The maximum atomic E-state index is 12.0. The fourth-order valence-electron chi connectivity index (χ4n) is 2.62. The minimum Gasteiger partial charge on any atom is -0.316 e. The first-order valence-electron chi connectivity index (χ1n) is 6.38. The molecule has 0 aromatic rings. The summed E-state index contributed by atoms with van der Waals surface area (Å²) >= 11 is 0. The third-order valence-electron chi connectivity index (χ3n) is 3.73. The maximum Gasteiger partial charge on any atom is 0.214 e. The zero-order chi connectivity index (χ0) is 11.4. The van der Waals surface area contributed by atoms with Crippen molar-refractivity contribution in [2.24, 2.45) is 5.92 Å². The zero-order valence-corrected chi connectivity index (χ0v) is 10.6. The van der Waals surface area contributed by atoms with Crippen LogP contribution in [-0.4, -0.2) is 33.3 Å². The van der Waals surface area contributed by atoms with E-state index in [0.29, 0.717) is 12.5 Å². The highest BCUT2D eigenvalue weighted by Crippen LogP contribution is 2.23. The molecule has 0 bridgehead atoms. The van der Waals surface area contributed by atoms with Gasteiger partial charge in [0, 0.05) is 6.54 Å². The van der Waals surface area contributed by atoms with E-state index in [1.165, 1.54) is 6.42 Å². The molecule has 2 rings (SSSR count). The van der Waals surface area contributed by atoms with E-state index in [-0.39, 0.29) is 5.25 Å². The number of hydrogen-bond donors (Lipinski definition) is 2. The molecule has 16 heavy (non-hydrogen) atoms. The first-order valence-corrected chi connectivity index (χ1v) is 7.92. The lowest BCUT2D eigenvalue weighted by Gasteiger charge is -2.22. The Labute approximate surface area is 98.2 Å². The predicted octanol–water partition coefficient (Wildman–Crippen LogP) is 0.848. The highest BCUT2D eigenvalue weighted by Gasteiger charge is 2.27. The molecule has 1 saturated heterocycles. The van der Waals surface area contributed by atoms with Crippen LogP contribution in [0.5, 0.6) is 0 Å². The lowest BCUT2D eigenvalue weighted by Crippen LogP contribution is -2.38. The molecule has 2 fully saturated rings. The van der Waals surface area contributed by atoms with Crippen LogP contribution in [0.2, 0.25) is 0 Å². The molecule has 4 nitrogen and oxygen atoms in total. The quantitative estimate of drug-likeness (QED) is 0.773. The Morgan fingerprint density at radius 1 is 1.12 bits per heavy atom. The lowest BCUT2D eigenvalue weighted by atomic mass is 10.0. The van der Waals surface area contributed by atoms with Gasteiger partial charge in [-0.15, -0.1) is 0 Å². The SMILES string of the molecule is O=S(=O)(NCC1CCNC1)C1CCCCC1. The van der Waals surface area contributed by atoms with Crippen molar-refractivity contribution >= 4 is 10.0 Å². The molecule has 1 aliphatic carbocycles. The lowest BCUT2D eigenvalue weighted by molar-refractivity contribution is 0.470. The number of hydrogen-bond acceptors (Lipinski definition) is 3. The molecule has 0 radical (unpaired) electrons. The Bertz CT molecular complexity index is 304. The van der Waals surface area contributed by atoms with Gasteiger partial charge in [-0.1, -0.05) is 19.3 Å². The first-order chi connectivity index (χ1) is 7.68. The Kier molecular flexibility index (Phi) is 4.21. The fourth-order valence-corrected chi connectivity index (χ4v) is 4.27. The predicted molar refractivity (Wildman–Crippen MR) is 64.8 cm³/mol. The molecule has 1 aliphatic heterocycles. The Balaban J connectivity index is 1.81. The van der Waals surface area contributed by atoms with Gasteiger partial charge in [-0.05, 0) is 38.3 Å².